The van der Waals surface area contributed by atoms with Crippen LogP contribution < -0.4 is 15.4 Å². The monoisotopic (exact) mass is 263 g/mol. The van der Waals surface area contributed by atoms with Crippen molar-refractivity contribution in [2.75, 3.05) is 30.8 Å². The summed E-state index contributed by atoms with van der Waals surface area (Å²) >= 11 is 0. The van der Waals surface area contributed by atoms with Crippen molar-refractivity contribution in [3.63, 3.8) is 0 Å². The zero-order chi connectivity index (χ0) is 13.5. The number of hydrogen-bond donors (Lipinski definition) is 2. The molecule has 0 saturated heterocycles. The topological polar surface area (TPSA) is 89.8 Å². The molecule has 2 N–H and O–H groups in total. The molecule has 0 unspecified atom stereocenters. The van der Waals surface area contributed by atoms with Crippen LogP contribution in [-0.4, -0.2) is 44.9 Å². The van der Waals surface area contributed by atoms with E-state index < -0.39 is 0 Å². The quantitative estimate of drug-likeness (QED) is 0.756. The number of nitrogens with zero attached hydrogens (tertiary/aromatic N) is 5. The number of methoxy groups -OCH3 is 1. The van der Waals surface area contributed by atoms with E-state index in [1.54, 1.807) is 6.20 Å². The molecule has 0 radical (unpaired) electrons. The van der Waals surface area contributed by atoms with Gasteiger partial charge < -0.3 is 15.4 Å². The molecule has 8 nitrogen and oxygen atoms in total. The van der Waals surface area contributed by atoms with Crippen molar-refractivity contribution < 1.29 is 4.74 Å². The Morgan fingerprint density at radius 3 is 2.63 bits per heavy atom. The normalized spacial score (nSPS) is 10.2. The molecule has 0 aliphatic rings. The van der Waals surface area contributed by atoms with E-state index in [-0.39, 0.29) is 6.01 Å². The van der Waals surface area contributed by atoms with Gasteiger partial charge in [0.2, 0.25) is 11.9 Å². The second-order valence-corrected chi connectivity index (χ2v) is 3.70. The SMILES string of the molecule is CCNc1nc(NCCn2cccn2)nc(OC)n1. The van der Waals surface area contributed by atoms with E-state index in [0.29, 0.717) is 18.4 Å². The maximum Gasteiger partial charge on any atom is 0.322 e. The third-order valence-electron chi connectivity index (χ3n) is 2.32. The Morgan fingerprint density at radius 2 is 2.00 bits per heavy atom. The molecular formula is C11H17N7O. The van der Waals surface area contributed by atoms with Crippen molar-refractivity contribution >= 4 is 11.9 Å². The Bertz CT molecular complexity index is 500. The number of hydrogen-bond acceptors (Lipinski definition) is 7. The van der Waals surface area contributed by atoms with Crippen LogP contribution in [0.4, 0.5) is 11.9 Å². The van der Waals surface area contributed by atoms with Crippen molar-refractivity contribution in [3.8, 4) is 6.01 Å². The molecule has 0 spiro atoms. The number of ether oxygens (including phenoxy) is 1. The van der Waals surface area contributed by atoms with Crippen LogP contribution in [0.1, 0.15) is 6.92 Å². The summed E-state index contributed by atoms with van der Waals surface area (Å²) in [7, 11) is 1.53. The molecule has 2 aromatic rings. The average molecular weight is 263 g/mol. The van der Waals surface area contributed by atoms with E-state index in [0.717, 1.165) is 13.1 Å². The summed E-state index contributed by atoms with van der Waals surface area (Å²) in [5.41, 5.74) is 0. The van der Waals surface area contributed by atoms with Gasteiger partial charge in [-0.05, 0) is 13.0 Å². The molecule has 0 fully saturated rings. The first-order valence-electron chi connectivity index (χ1n) is 6.07. The van der Waals surface area contributed by atoms with Gasteiger partial charge in [-0.2, -0.15) is 20.1 Å². The molecule has 2 rings (SSSR count). The smallest absolute Gasteiger partial charge is 0.322 e. The predicted octanol–water partition coefficient (Wildman–Crippen LogP) is 0.621. The third-order valence-corrected chi connectivity index (χ3v) is 2.32. The van der Waals surface area contributed by atoms with Gasteiger partial charge in [-0.15, -0.1) is 0 Å². The van der Waals surface area contributed by atoms with Crippen LogP contribution >= 0.6 is 0 Å². The van der Waals surface area contributed by atoms with E-state index in [2.05, 4.69) is 30.7 Å². The highest BCUT2D eigenvalue weighted by Crippen LogP contribution is 2.10. The molecule has 2 heterocycles. The maximum atomic E-state index is 5.03. The van der Waals surface area contributed by atoms with E-state index in [1.807, 2.05) is 23.9 Å². The second kappa shape index (κ2) is 6.53. The van der Waals surface area contributed by atoms with Gasteiger partial charge in [0.15, 0.2) is 0 Å². The van der Waals surface area contributed by atoms with Crippen LogP contribution in [0.3, 0.4) is 0 Å². The summed E-state index contributed by atoms with van der Waals surface area (Å²) in [6.45, 7) is 4.11. The summed E-state index contributed by atoms with van der Waals surface area (Å²) in [4.78, 5) is 12.5. The van der Waals surface area contributed by atoms with E-state index >= 15 is 0 Å². The molecule has 2 aromatic heterocycles. The van der Waals surface area contributed by atoms with Crippen molar-refractivity contribution in [1.29, 1.82) is 0 Å². The minimum Gasteiger partial charge on any atom is -0.467 e. The standard InChI is InChI=1S/C11H17N7O/c1-3-12-9-15-10(17-11(16-9)19-2)13-6-8-18-7-4-5-14-18/h4-5,7H,3,6,8H2,1-2H3,(H2,12,13,15,16,17). The second-order valence-electron chi connectivity index (χ2n) is 3.70. The largest absolute Gasteiger partial charge is 0.467 e. The van der Waals surface area contributed by atoms with Crippen LogP contribution in [0, 0.1) is 0 Å². The molecule has 0 aliphatic carbocycles. The minimum atomic E-state index is 0.285. The van der Waals surface area contributed by atoms with Gasteiger partial charge in [-0.25, -0.2) is 0 Å². The number of nitrogens with one attached hydrogen (secondary N) is 2. The first kappa shape index (κ1) is 13.1. The van der Waals surface area contributed by atoms with Crippen molar-refractivity contribution in [3.05, 3.63) is 18.5 Å². The lowest BCUT2D eigenvalue weighted by molar-refractivity contribution is 0.379. The van der Waals surface area contributed by atoms with Crippen LogP contribution in [0.2, 0.25) is 0 Å². The average Bonchev–Trinajstić information content (AvgIpc) is 2.92. The highest BCUT2D eigenvalue weighted by atomic mass is 16.5. The summed E-state index contributed by atoms with van der Waals surface area (Å²) in [6, 6.07) is 2.17. The molecule has 102 valence electrons. The Hall–Kier alpha value is -2.38. The van der Waals surface area contributed by atoms with Crippen LogP contribution in [0.25, 0.3) is 0 Å². The van der Waals surface area contributed by atoms with Crippen molar-refractivity contribution in [2.45, 2.75) is 13.5 Å². The lowest BCUT2D eigenvalue weighted by atomic mass is 10.6. The summed E-state index contributed by atoms with van der Waals surface area (Å²) in [6.07, 6.45) is 3.65. The molecule has 0 atom stereocenters. The highest BCUT2D eigenvalue weighted by Gasteiger charge is 2.05. The molecular weight excluding hydrogens is 246 g/mol. The van der Waals surface area contributed by atoms with E-state index in [9.17, 15) is 0 Å². The molecule has 0 amide bonds. The van der Waals surface area contributed by atoms with Gasteiger partial charge in [0.05, 0.1) is 13.7 Å². The van der Waals surface area contributed by atoms with Gasteiger partial charge in [0, 0.05) is 25.5 Å². The lowest BCUT2D eigenvalue weighted by Gasteiger charge is -2.08. The lowest BCUT2D eigenvalue weighted by Crippen LogP contribution is -2.14. The van der Waals surface area contributed by atoms with Gasteiger partial charge in [-0.1, -0.05) is 0 Å². The summed E-state index contributed by atoms with van der Waals surface area (Å²) in [5.74, 6) is 0.978. The molecule has 8 heteroatoms. The highest BCUT2D eigenvalue weighted by molar-refractivity contribution is 5.35. The van der Waals surface area contributed by atoms with Crippen LogP contribution in [-0.2, 0) is 6.54 Å². The Balaban J connectivity index is 1.96. The number of anilines is 2. The van der Waals surface area contributed by atoms with Crippen molar-refractivity contribution in [2.24, 2.45) is 0 Å². The fraction of sp³-hybridized carbons (Fsp3) is 0.455. The first-order chi connectivity index (χ1) is 9.31. The Kier molecular flexibility index (Phi) is 4.49. The molecule has 0 aliphatic heterocycles. The maximum absolute atomic E-state index is 5.03. The van der Waals surface area contributed by atoms with E-state index in [1.165, 1.54) is 7.11 Å². The fourth-order valence-corrected chi connectivity index (χ4v) is 1.48. The summed E-state index contributed by atoms with van der Waals surface area (Å²) < 4.78 is 6.86. The zero-order valence-electron chi connectivity index (χ0n) is 11.0. The zero-order valence-corrected chi connectivity index (χ0v) is 11.0. The van der Waals surface area contributed by atoms with Crippen LogP contribution in [0.15, 0.2) is 18.5 Å². The van der Waals surface area contributed by atoms with Crippen molar-refractivity contribution in [1.82, 2.24) is 24.7 Å². The minimum absolute atomic E-state index is 0.285. The van der Waals surface area contributed by atoms with Gasteiger partial charge in [0.25, 0.3) is 0 Å². The Labute approximate surface area is 111 Å². The molecule has 0 saturated carbocycles. The molecule has 0 aromatic carbocycles. The van der Waals surface area contributed by atoms with E-state index in [4.69, 9.17) is 4.74 Å². The van der Waals surface area contributed by atoms with Crippen LogP contribution in [0.5, 0.6) is 6.01 Å². The Morgan fingerprint density at radius 1 is 1.21 bits per heavy atom. The number of rotatable bonds is 7. The predicted molar refractivity (Wildman–Crippen MR) is 71.3 cm³/mol. The first-order valence-corrected chi connectivity index (χ1v) is 6.07. The fourth-order valence-electron chi connectivity index (χ4n) is 1.48. The van der Waals surface area contributed by atoms with Gasteiger partial charge >= 0.3 is 6.01 Å². The number of aromatic nitrogens is 5. The molecule has 0 bridgehead atoms. The third kappa shape index (κ3) is 3.80. The van der Waals surface area contributed by atoms with Gasteiger partial charge in [0.1, 0.15) is 0 Å². The summed E-state index contributed by atoms with van der Waals surface area (Å²) in [5, 5.41) is 10.3. The van der Waals surface area contributed by atoms with Gasteiger partial charge in [-0.3, -0.25) is 4.68 Å². The molecule has 19 heavy (non-hydrogen) atoms.